The highest BCUT2D eigenvalue weighted by Gasteiger charge is 2.20. The summed E-state index contributed by atoms with van der Waals surface area (Å²) in [6, 6.07) is 67.5. The second-order valence-electron chi connectivity index (χ2n) is 13.2. The molecule has 1 heterocycles. The standard InChI is InChI=1S/C49H30N2/c50-31-32-23-27-46-44(29-32)45-30-34(24-28-47(45)51(46)35-15-5-2-6-16-35)48-39-19-9-11-21-41(39)49(42-22-12-10-20-40(42)48)43-26-25-36(33-13-3-1-4-14-33)37-17-7-8-18-38(37)43/h1-30H. The van der Waals surface area contributed by atoms with Crippen LogP contribution in [-0.2, 0) is 0 Å². The molecule has 0 unspecified atom stereocenters. The third-order valence-electron chi connectivity index (χ3n) is 10.4. The SMILES string of the molecule is N#Cc1ccc2c(c1)c1cc(-c3c4ccccc4c(-c4ccc(-c5ccccc5)c5ccccc45)c4ccccc34)ccc1n2-c1ccccc1. The zero-order valence-electron chi connectivity index (χ0n) is 27.7. The Bertz CT molecular complexity index is 2960. The fourth-order valence-electron chi connectivity index (χ4n) is 8.22. The maximum Gasteiger partial charge on any atom is 0.0991 e. The van der Waals surface area contributed by atoms with Crippen LogP contribution in [0, 0.1) is 11.3 Å². The molecule has 0 saturated heterocycles. The first-order valence-electron chi connectivity index (χ1n) is 17.3. The van der Waals surface area contributed by atoms with E-state index in [0.29, 0.717) is 5.56 Å². The number of para-hydroxylation sites is 1. The van der Waals surface area contributed by atoms with Gasteiger partial charge in [-0.3, -0.25) is 0 Å². The van der Waals surface area contributed by atoms with E-state index in [1.807, 2.05) is 18.2 Å². The molecule has 0 bridgehead atoms. The van der Waals surface area contributed by atoms with E-state index in [1.165, 1.54) is 60.1 Å². The number of fused-ring (bicyclic) bond motifs is 6. The third kappa shape index (κ3) is 4.49. The third-order valence-corrected chi connectivity index (χ3v) is 10.4. The van der Waals surface area contributed by atoms with Crippen LogP contribution >= 0.6 is 0 Å². The van der Waals surface area contributed by atoms with Gasteiger partial charge in [-0.05, 0) is 108 Å². The van der Waals surface area contributed by atoms with Crippen molar-refractivity contribution in [3.8, 4) is 45.1 Å². The van der Waals surface area contributed by atoms with Crippen LogP contribution in [0.25, 0.3) is 93.2 Å². The van der Waals surface area contributed by atoms with Gasteiger partial charge in [-0.25, -0.2) is 0 Å². The molecule has 10 rings (SSSR count). The monoisotopic (exact) mass is 646 g/mol. The van der Waals surface area contributed by atoms with Crippen molar-refractivity contribution in [1.29, 1.82) is 5.26 Å². The number of hydrogen-bond acceptors (Lipinski definition) is 1. The average molecular weight is 647 g/mol. The summed E-state index contributed by atoms with van der Waals surface area (Å²) in [6.45, 7) is 0. The fraction of sp³-hybridized carbons (Fsp3) is 0. The molecular formula is C49H30N2. The molecule has 9 aromatic carbocycles. The highest BCUT2D eigenvalue weighted by molar-refractivity contribution is 6.25. The van der Waals surface area contributed by atoms with E-state index in [0.717, 1.165) is 33.1 Å². The predicted molar refractivity (Wildman–Crippen MR) is 214 cm³/mol. The first-order chi connectivity index (χ1) is 25.3. The van der Waals surface area contributed by atoms with E-state index in [-0.39, 0.29) is 0 Å². The lowest BCUT2D eigenvalue weighted by Gasteiger charge is -2.20. The van der Waals surface area contributed by atoms with E-state index >= 15 is 0 Å². The van der Waals surface area contributed by atoms with Crippen molar-refractivity contribution in [1.82, 2.24) is 4.57 Å². The lowest BCUT2D eigenvalue weighted by atomic mass is 9.83. The van der Waals surface area contributed by atoms with Crippen molar-refractivity contribution < 1.29 is 0 Å². The van der Waals surface area contributed by atoms with Gasteiger partial charge in [-0.1, -0.05) is 140 Å². The molecule has 236 valence electrons. The van der Waals surface area contributed by atoms with E-state index in [9.17, 15) is 5.26 Å². The van der Waals surface area contributed by atoms with Crippen LogP contribution in [0.3, 0.4) is 0 Å². The molecule has 2 nitrogen and oxygen atoms in total. The number of hydrogen-bond donors (Lipinski definition) is 0. The smallest absolute Gasteiger partial charge is 0.0991 e. The Morgan fingerprint density at radius 1 is 0.353 bits per heavy atom. The van der Waals surface area contributed by atoms with Gasteiger partial charge in [0, 0.05) is 16.5 Å². The Kier molecular flexibility index (Phi) is 6.59. The minimum atomic E-state index is 0.658. The van der Waals surface area contributed by atoms with Crippen LogP contribution in [0.1, 0.15) is 5.56 Å². The van der Waals surface area contributed by atoms with Crippen LogP contribution in [0.4, 0.5) is 0 Å². The van der Waals surface area contributed by atoms with Crippen LogP contribution in [-0.4, -0.2) is 4.57 Å². The summed E-state index contributed by atoms with van der Waals surface area (Å²) in [7, 11) is 0. The van der Waals surface area contributed by atoms with E-state index in [2.05, 4.69) is 174 Å². The number of benzene rings is 9. The van der Waals surface area contributed by atoms with Crippen LogP contribution in [0.15, 0.2) is 182 Å². The number of aromatic nitrogens is 1. The minimum absolute atomic E-state index is 0.658. The summed E-state index contributed by atoms with van der Waals surface area (Å²) in [5, 5.41) is 19.4. The maximum absolute atomic E-state index is 9.86. The van der Waals surface area contributed by atoms with Gasteiger partial charge in [0.25, 0.3) is 0 Å². The topological polar surface area (TPSA) is 28.7 Å². The van der Waals surface area contributed by atoms with Crippen molar-refractivity contribution in [2.75, 3.05) is 0 Å². The van der Waals surface area contributed by atoms with Crippen molar-refractivity contribution in [3.63, 3.8) is 0 Å². The molecule has 0 aliphatic heterocycles. The Hall–Kier alpha value is -6.95. The van der Waals surface area contributed by atoms with Gasteiger partial charge in [-0.15, -0.1) is 0 Å². The van der Waals surface area contributed by atoms with Gasteiger partial charge in [0.05, 0.1) is 22.7 Å². The Morgan fingerprint density at radius 2 is 0.843 bits per heavy atom. The summed E-state index contributed by atoms with van der Waals surface area (Å²) < 4.78 is 2.30. The molecule has 0 fully saturated rings. The lowest BCUT2D eigenvalue weighted by Crippen LogP contribution is -1.94. The second kappa shape index (κ2) is 11.6. The summed E-state index contributed by atoms with van der Waals surface area (Å²) in [4.78, 5) is 0. The highest BCUT2D eigenvalue weighted by atomic mass is 15.0. The molecule has 0 N–H and O–H groups in total. The minimum Gasteiger partial charge on any atom is -0.309 e. The average Bonchev–Trinajstić information content (AvgIpc) is 3.53. The predicted octanol–water partition coefficient (Wildman–Crippen LogP) is 13.1. The molecule has 0 amide bonds. The van der Waals surface area contributed by atoms with Crippen molar-refractivity contribution in [3.05, 3.63) is 188 Å². The number of nitriles is 1. The number of rotatable bonds is 4. The van der Waals surface area contributed by atoms with Gasteiger partial charge < -0.3 is 4.57 Å². The molecular weight excluding hydrogens is 617 g/mol. The zero-order chi connectivity index (χ0) is 33.9. The first-order valence-corrected chi connectivity index (χ1v) is 17.3. The van der Waals surface area contributed by atoms with Gasteiger partial charge in [0.15, 0.2) is 0 Å². The Morgan fingerprint density at radius 3 is 1.47 bits per heavy atom. The number of nitrogens with zero attached hydrogens (tertiary/aromatic N) is 2. The molecule has 0 radical (unpaired) electrons. The molecule has 0 aliphatic carbocycles. The molecule has 51 heavy (non-hydrogen) atoms. The molecule has 0 saturated carbocycles. The summed E-state index contributed by atoms with van der Waals surface area (Å²) in [5.41, 5.74) is 11.3. The molecule has 0 atom stereocenters. The summed E-state index contributed by atoms with van der Waals surface area (Å²) in [5.74, 6) is 0. The van der Waals surface area contributed by atoms with Gasteiger partial charge in [-0.2, -0.15) is 5.26 Å². The second-order valence-corrected chi connectivity index (χ2v) is 13.2. The lowest BCUT2D eigenvalue weighted by molar-refractivity contribution is 1.18. The Labute approximate surface area is 295 Å². The highest BCUT2D eigenvalue weighted by Crippen LogP contribution is 2.47. The molecule has 10 aromatic rings. The normalized spacial score (nSPS) is 11.5. The first kappa shape index (κ1) is 29.0. The van der Waals surface area contributed by atoms with Crippen LogP contribution in [0.2, 0.25) is 0 Å². The Balaban J connectivity index is 1.27. The largest absolute Gasteiger partial charge is 0.309 e. The van der Waals surface area contributed by atoms with E-state index in [1.54, 1.807) is 0 Å². The van der Waals surface area contributed by atoms with E-state index in [4.69, 9.17) is 0 Å². The molecule has 1 aromatic heterocycles. The van der Waals surface area contributed by atoms with Crippen molar-refractivity contribution >= 4 is 54.1 Å². The van der Waals surface area contributed by atoms with Crippen molar-refractivity contribution in [2.45, 2.75) is 0 Å². The van der Waals surface area contributed by atoms with Crippen LogP contribution < -0.4 is 0 Å². The van der Waals surface area contributed by atoms with Gasteiger partial charge >= 0.3 is 0 Å². The fourth-order valence-corrected chi connectivity index (χ4v) is 8.22. The van der Waals surface area contributed by atoms with Gasteiger partial charge in [0.1, 0.15) is 0 Å². The maximum atomic E-state index is 9.86. The molecule has 2 heteroatoms. The quantitative estimate of drug-likeness (QED) is 0.175. The van der Waals surface area contributed by atoms with Crippen LogP contribution in [0.5, 0.6) is 0 Å². The zero-order valence-corrected chi connectivity index (χ0v) is 27.7. The van der Waals surface area contributed by atoms with Crippen molar-refractivity contribution in [2.24, 2.45) is 0 Å². The molecule has 0 spiro atoms. The summed E-state index contributed by atoms with van der Waals surface area (Å²) in [6.07, 6.45) is 0. The van der Waals surface area contributed by atoms with Gasteiger partial charge in [0.2, 0.25) is 0 Å². The molecule has 0 aliphatic rings. The van der Waals surface area contributed by atoms with E-state index < -0.39 is 0 Å². The summed E-state index contributed by atoms with van der Waals surface area (Å²) >= 11 is 0.